The minimum atomic E-state index is 0.695. The summed E-state index contributed by atoms with van der Waals surface area (Å²) < 4.78 is 11.2. The van der Waals surface area contributed by atoms with Gasteiger partial charge in [-0.15, -0.1) is 0 Å². The summed E-state index contributed by atoms with van der Waals surface area (Å²) in [4.78, 5) is 4.20. The van der Waals surface area contributed by atoms with Gasteiger partial charge >= 0.3 is 0 Å². The fourth-order valence-electron chi connectivity index (χ4n) is 1.87. The van der Waals surface area contributed by atoms with Crippen LogP contribution in [0.25, 0.3) is 0 Å². The number of nitrogens with zero attached hydrogens (tertiary/aromatic N) is 1. The third-order valence-corrected chi connectivity index (χ3v) is 2.90. The first-order chi connectivity index (χ1) is 9.72. The molecule has 0 radical (unpaired) electrons. The lowest BCUT2D eigenvalue weighted by Crippen LogP contribution is -2.11. The molecule has 4 nitrogen and oxygen atoms in total. The number of nitrogens with one attached hydrogen (secondary N) is 1. The zero-order chi connectivity index (χ0) is 14.4. The van der Waals surface area contributed by atoms with Gasteiger partial charge < -0.3 is 14.8 Å². The summed E-state index contributed by atoms with van der Waals surface area (Å²) in [5.74, 6) is 2.13. The lowest BCUT2D eigenvalue weighted by atomic mass is 10.2. The maximum atomic E-state index is 5.86. The van der Waals surface area contributed by atoms with E-state index in [0.717, 1.165) is 30.0 Å². The van der Waals surface area contributed by atoms with Gasteiger partial charge in [0.2, 0.25) is 0 Å². The van der Waals surface area contributed by atoms with E-state index in [1.807, 2.05) is 37.4 Å². The van der Waals surface area contributed by atoms with E-state index in [1.165, 1.54) is 0 Å². The van der Waals surface area contributed by atoms with Crippen LogP contribution in [0.3, 0.4) is 0 Å². The zero-order valence-corrected chi connectivity index (χ0v) is 12.1. The molecule has 0 spiro atoms. The van der Waals surface area contributed by atoms with Crippen molar-refractivity contribution >= 4 is 0 Å². The summed E-state index contributed by atoms with van der Waals surface area (Å²) in [6.45, 7) is 5.80. The van der Waals surface area contributed by atoms with Crippen molar-refractivity contribution < 1.29 is 9.47 Å². The highest BCUT2D eigenvalue weighted by atomic mass is 16.5. The molecule has 2 aromatic rings. The van der Waals surface area contributed by atoms with Crippen molar-refractivity contribution in [3.8, 4) is 17.2 Å². The van der Waals surface area contributed by atoms with Crippen LogP contribution in [0, 0.1) is 6.92 Å². The molecule has 2 rings (SSSR count). The first-order valence-electron chi connectivity index (χ1n) is 6.70. The Labute approximate surface area is 119 Å². The van der Waals surface area contributed by atoms with Gasteiger partial charge in [-0.1, -0.05) is 13.0 Å². The maximum absolute atomic E-state index is 5.86. The second-order valence-electron chi connectivity index (χ2n) is 4.57. The number of aromatic nitrogens is 1. The first-order valence-corrected chi connectivity index (χ1v) is 6.70. The number of aryl methyl sites for hydroxylation is 1. The van der Waals surface area contributed by atoms with E-state index in [-0.39, 0.29) is 0 Å². The number of rotatable bonds is 6. The van der Waals surface area contributed by atoms with Gasteiger partial charge in [-0.2, -0.15) is 0 Å². The standard InChI is InChI=1S/C16H20N2O2/c1-4-17-9-13-8-14(11-18-10-13)20-15-6-5-12(2)7-16(15)19-3/h5-8,10-11,17H,4,9H2,1-3H3. The van der Waals surface area contributed by atoms with Crippen LogP contribution in [0.2, 0.25) is 0 Å². The van der Waals surface area contributed by atoms with Crippen molar-refractivity contribution in [3.63, 3.8) is 0 Å². The van der Waals surface area contributed by atoms with Gasteiger partial charge in [0, 0.05) is 12.7 Å². The topological polar surface area (TPSA) is 43.4 Å². The quantitative estimate of drug-likeness (QED) is 0.876. The van der Waals surface area contributed by atoms with Crippen LogP contribution in [0.5, 0.6) is 17.2 Å². The molecule has 0 saturated carbocycles. The molecular weight excluding hydrogens is 252 g/mol. The lowest BCUT2D eigenvalue weighted by Gasteiger charge is -2.11. The first kappa shape index (κ1) is 14.3. The molecule has 1 aromatic carbocycles. The van der Waals surface area contributed by atoms with E-state index < -0.39 is 0 Å². The van der Waals surface area contributed by atoms with Gasteiger partial charge in [0.1, 0.15) is 5.75 Å². The number of ether oxygens (including phenoxy) is 2. The smallest absolute Gasteiger partial charge is 0.169 e. The third-order valence-electron chi connectivity index (χ3n) is 2.90. The van der Waals surface area contributed by atoms with Crippen LogP contribution in [0.15, 0.2) is 36.7 Å². The number of benzene rings is 1. The van der Waals surface area contributed by atoms with Crippen molar-refractivity contribution in [2.45, 2.75) is 20.4 Å². The van der Waals surface area contributed by atoms with Crippen LogP contribution in [-0.2, 0) is 6.54 Å². The second-order valence-corrected chi connectivity index (χ2v) is 4.57. The van der Waals surface area contributed by atoms with Gasteiger partial charge in [0.05, 0.1) is 13.3 Å². The van der Waals surface area contributed by atoms with Crippen LogP contribution in [0.4, 0.5) is 0 Å². The molecule has 1 N–H and O–H groups in total. The summed E-state index contributed by atoms with van der Waals surface area (Å²) in [6.07, 6.45) is 3.54. The van der Waals surface area contributed by atoms with Gasteiger partial charge in [-0.25, -0.2) is 0 Å². The zero-order valence-electron chi connectivity index (χ0n) is 12.1. The molecule has 0 bridgehead atoms. The highest BCUT2D eigenvalue weighted by molar-refractivity contribution is 5.45. The monoisotopic (exact) mass is 272 g/mol. The van der Waals surface area contributed by atoms with Crippen LogP contribution >= 0.6 is 0 Å². The molecule has 0 atom stereocenters. The van der Waals surface area contributed by atoms with Crippen molar-refractivity contribution in [2.24, 2.45) is 0 Å². The Bertz CT molecular complexity index is 570. The predicted molar refractivity (Wildman–Crippen MR) is 79.4 cm³/mol. The normalized spacial score (nSPS) is 10.3. The molecule has 0 saturated heterocycles. The van der Waals surface area contributed by atoms with E-state index in [2.05, 4.69) is 17.2 Å². The summed E-state index contributed by atoms with van der Waals surface area (Å²) in [7, 11) is 1.64. The number of methoxy groups -OCH3 is 1. The largest absolute Gasteiger partial charge is 0.493 e. The Balaban J connectivity index is 2.17. The molecule has 0 fully saturated rings. The minimum Gasteiger partial charge on any atom is -0.493 e. The van der Waals surface area contributed by atoms with E-state index in [0.29, 0.717) is 11.5 Å². The lowest BCUT2D eigenvalue weighted by molar-refractivity contribution is 0.378. The van der Waals surface area contributed by atoms with Gasteiger partial charge in [-0.3, -0.25) is 4.98 Å². The predicted octanol–water partition coefficient (Wildman–Crippen LogP) is 3.30. The second kappa shape index (κ2) is 6.91. The summed E-state index contributed by atoms with van der Waals surface area (Å²) >= 11 is 0. The molecule has 0 amide bonds. The highest BCUT2D eigenvalue weighted by Gasteiger charge is 2.06. The minimum absolute atomic E-state index is 0.695. The summed E-state index contributed by atoms with van der Waals surface area (Å²) in [5.41, 5.74) is 2.23. The van der Waals surface area contributed by atoms with Gasteiger partial charge in [0.25, 0.3) is 0 Å². The van der Waals surface area contributed by atoms with E-state index in [4.69, 9.17) is 9.47 Å². The SMILES string of the molecule is CCNCc1cncc(Oc2ccc(C)cc2OC)c1. The molecule has 0 aliphatic heterocycles. The Morgan fingerprint density at radius 2 is 2.00 bits per heavy atom. The number of hydrogen-bond acceptors (Lipinski definition) is 4. The molecule has 1 aromatic heterocycles. The van der Waals surface area contributed by atoms with Crippen molar-refractivity contribution in [1.82, 2.24) is 10.3 Å². The van der Waals surface area contributed by atoms with E-state index >= 15 is 0 Å². The fraction of sp³-hybridized carbons (Fsp3) is 0.312. The van der Waals surface area contributed by atoms with Crippen molar-refractivity contribution in [3.05, 3.63) is 47.8 Å². The molecule has 4 heteroatoms. The molecular formula is C16H20N2O2. The maximum Gasteiger partial charge on any atom is 0.169 e. The van der Waals surface area contributed by atoms with Crippen LogP contribution in [0.1, 0.15) is 18.1 Å². The summed E-state index contributed by atoms with van der Waals surface area (Å²) in [5, 5.41) is 3.27. The van der Waals surface area contributed by atoms with Crippen molar-refractivity contribution in [1.29, 1.82) is 0 Å². The van der Waals surface area contributed by atoms with E-state index in [9.17, 15) is 0 Å². The summed E-state index contributed by atoms with van der Waals surface area (Å²) in [6, 6.07) is 7.83. The number of hydrogen-bond donors (Lipinski definition) is 1. The number of pyridine rings is 1. The van der Waals surface area contributed by atoms with Gasteiger partial charge in [0.15, 0.2) is 11.5 Å². The Morgan fingerprint density at radius 3 is 2.75 bits per heavy atom. The third kappa shape index (κ3) is 3.71. The Hall–Kier alpha value is -2.07. The average molecular weight is 272 g/mol. The van der Waals surface area contributed by atoms with E-state index in [1.54, 1.807) is 13.3 Å². The fourth-order valence-corrected chi connectivity index (χ4v) is 1.87. The Kier molecular flexibility index (Phi) is 4.96. The molecule has 0 aliphatic carbocycles. The molecule has 106 valence electrons. The molecule has 0 aliphatic rings. The highest BCUT2D eigenvalue weighted by Crippen LogP contribution is 2.32. The Morgan fingerprint density at radius 1 is 1.15 bits per heavy atom. The van der Waals surface area contributed by atoms with Gasteiger partial charge in [-0.05, 0) is 42.8 Å². The van der Waals surface area contributed by atoms with Crippen molar-refractivity contribution in [2.75, 3.05) is 13.7 Å². The average Bonchev–Trinajstić information content (AvgIpc) is 2.47. The molecule has 0 unspecified atom stereocenters. The van der Waals surface area contributed by atoms with Crippen LogP contribution < -0.4 is 14.8 Å². The molecule has 20 heavy (non-hydrogen) atoms. The van der Waals surface area contributed by atoms with Crippen LogP contribution in [-0.4, -0.2) is 18.6 Å². The molecule has 1 heterocycles.